The van der Waals surface area contributed by atoms with E-state index in [1.807, 2.05) is 72.0 Å². The van der Waals surface area contributed by atoms with Gasteiger partial charge >= 0.3 is 13.2 Å². The number of nitrogens with zero attached hydrogens (tertiary/aromatic N) is 1. The van der Waals surface area contributed by atoms with Gasteiger partial charge in [-0.15, -0.1) is 0 Å². The maximum Gasteiger partial charge on any atom is 0.494 e. The maximum absolute atomic E-state index is 13.4. The molecule has 1 saturated heterocycles. The van der Waals surface area contributed by atoms with Crippen LogP contribution in [-0.2, 0) is 18.8 Å². The van der Waals surface area contributed by atoms with Crippen LogP contribution in [0.1, 0.15) is 72.5 Å². The van der Waals surface area contributed by atoms with Gasteiger partial charge in [-0.05, 0) is 57.5 Å². The molecule has 2 aliphatic rings. The molecule has 1 aromatic carbocycles. The molecule has 1 aromatic heterocycles. The van der Waals surface area contributed by atoms with E-state index in [0.29, 0.717) is 0 Å². The van der Waals surface area contributed by atoms with Gasteiger partial charge in [-0.3, -0.25) is 4.79 Å². The number of H-pyrrole nitrogens is 1. The highest BCUT2D eigenvalue weighted by Crippen LogP contribution is 2.41. The third-order valence-electron chi connectivity index (χ3n) is 8.01. The van der Waals surface area contributed by atoms with Crippen molar-refractivity contribution in [2.45, 2.75) is 84.0 Å². The van der Waals surface area contributed by atoms with E-state index in [1.54, 1.807) is 0 Å². The monoisotopic (exact) mass is 495 g/mol. The van der Waals surface area contributed by atoms with Crippen molar-refractivity contribution < 1.29 is 23.6 Å². The third kappa shape index (κ3) is 5.09. The van der Waals surface area contributed by atoms with E-state index in [-0.39, 0.29) is 34.7 Å². The van der Waals surface area contributed by atoms with E-state index >= 15 is 0 Å². The first-order valence-electron chi connectivity index (χ1n) is 12.8. The number of Topliss-reactive ketones (excluding diaryl/α,β-unsaturated/α-hetero) is 1. The lowest BCUT2D eigenvalue weighted by molar-refractivity contribution is -0.126. The Labute approximate surface area is 214 Å². The normalized spacial score (nSPS) is 23.6. The van der Waals surface area contributed by atoms with E-state index in [4.69, 9.17) is 14.0 Å². The number of nitrogens with one attached hydrogen (secondary N) is 2. The van der Waals surface area contributed by atoms with Crippen molar-refractivity contribution in [2.75, 3.05) is 7.11 Å². The molecule has 9 heteroatoms. The molecule has 0 bridgehead atoms. The molecule has 8 nitrogen and oxygen atoms in total. The van der Waals surface area contributed by atoms with E-state index < -0.39 is 19.3 Å². The molecule has 0 radical (unpaired) electrons. The molecular formula is C27H38BN3O5. The second-order valence-corrected chi connectivity index (χ2v) is 11.3. The lowest BCUT2D eigenvalue weighted by Crippen LogP contribution is -2.47. The number of alkyl carbamates (subject to hydrolysis) is 1. The zero-order chi connectivity index (χ0) is 26.3. The Kier molecular flexibility index (Phi) is 7.35. The van der Waals surface area contributed by atoms with Crippen LogP contribution < -0.4 is 10.8 Å². The van der Waals surface area contributed by atoms with Crippen LogP contribution in [0.3, 0.4) is 0 Å². The number of ketones is 1. The van der Waals surface area contributed by atoms with Crippen LogP contribution >= 0.6 is 0 Å². The minimum atomic E-state index is -0.583. The summed E-state index contributed by atoms with van der Waals surface area (Å²) in [6, 6.07) is 7.52. The van der Waals surface area contributed by atoms with Gasteiger partial charge in [0, 0.05) is 11.8 Å². The quantitative estimate of drug-likeness (QED) is 0.558. The van der Waals surface area contributed by atoms with Crippen molar-refractivity contribution in [2.24, 2.45) is 11.8 Å². The number of rotatable bonds is 7. The van der Waals surface area contributed by atoms with Gasteiger partial charge in [0.15, 0.2) is 5.78 Å². The van der Waals surface area contributed by atoms with Gasteiger partial charge in [0.2, 0.25) is 0 Å². The first-order chi connectivity index (χ1) is 16.9. The Bertz CT molecular complexity index is 1080. The molecule has 1 aliphatic heterocycles. The van der Waals surface area contributed by atoms with Crippen molar-refractivity contribution in [3.05, 3.63) is 36.3 Å². The second-order valence-electron chi connectivity index (χ2n) is 11.3. The van der Waals surface area contributed by atoms with Crippen LogP contribution in [0.15, 0.2) is 30.5 Å². The minimum absolute atomic E-state index is 0.00373. The van der Waals surface area contributed by atoms with Gasteiger partial charge in [0.05, 0.1) is 36.2 Å². The van der Waals surface area contributed by atoms with Gasteiger partial charge in [-0.1, -0.05) is 44.5 Å². The molecule has 1 aliphatic carbocycles. The fourth-order valence-electron chi connectivity index (χ4n) is 5.08. The Morgan fingerprint density at radius 2 is 1.75 bits per heavy atom. The lowest BCUT2D eigenvalue weighted by Gasteiger charge is -2.32. The molecule has 2 heterocycles. The van der Waals surface area contributed by atoms with Crippen LogP contribution in [0.4, 0.5) is 4.79 Å². The lowest BCUT2D eigenvalue weighted by atomic mass is 9.79. The summed E-state index contributed by atoms with van der Waals surface area (Å²) >= 11 is 0. The average Bonchev–Trinajstić information content (AvgIpc) is 3.54. The summed E-state index contributed by atoms with van der Waals surface area (Å²) in [6.45, 7) is 12.0. The molecule has 2 fully saturated rings. The first-order valence-corrected chi connectivity index (χ1v) is 12.8. The number of carbonyl (C=O) groups is 2. The van der Waals surface area contributed by atoms with Crippen LogP contribution in [0, 0.1) is 11.8 Å². The molecular weight excluding hydrogens is 457 g/mol. The van der Waals surface area contributed by atoms with Gasteiger partial charge in [-0.25, -0.2) is 9.78 Å². The summed E-state index contributed by atoms with van der Waals surface area (Å²) in [5.74, 6) is 0.627. The number of imidazole rings is 1. The van der Waals surface area contributed by atoms with Gasteiger partial charge in [-0.2, -0.15) is 0 Å². The Morgan fingerprint density at radius 3 is 2.33 bits per heavy atom. The van der Waals surface area contributed by atoms with E-state index in [1.165, 1.54) is 7.11 Å². The van der Waals surface area contributed by atoms with E-state index in [0.717, 1.165) is 41.8 Å². The second kappa shape index (κ2) is 10.0. The topological polar surface area (TPSA) is 103 Å². The molecule has 4 rings (SSSR count). The third-order valence-corrected chi connectivity index (χ3v) is 8.01. The number of aromatic nitrogens is 2. The molecule has 1 saturated carbocycles. The number of methoxy groups -OCH3 is 1. The molecule has 0 spiro atoms. The van der Waals surface area contributed by atoms with Crippen molar-refractivity contribution in [1.82, 2.24) is 15.3 Å². The molecule has 1 amide bonds. The Hall–Kier alpha value is -2.65. The van der Waals surface area contributed by atoms with Gasteiger partial charge < -0.3 is 24.3 Å². The van der Waals surface area contributed by atoms with Crippen LogP contribution in [0.2, 0.25) is 0 Å². The van der Waals surface area contributed by atoms with Gasteiger partial charge in [0.25, 0.3) is 0 Å². The van der Waals surface area contributed by atoms with Crippen LogP contribution in [0.5, 0.6) is 0 Å². The largest absolute Gasteiger partial charge is 0.494 e. The predicted molar refractivity (Wildman–Crippen MR) is 139 cm³/mol. The molecule has 2 aromatic rings. The number of hydrogen-bond donors (Lipinski definition) is 2. The zero-order valence-electron chi connectivity index (χ0n) is 22.4. The van der Waals surface area contributed by atoms with E-state index in [9.17, 15) is 9.59 Å². The van der Waals surface area contributed by atoms with Crippen molar-refractivity contribution in [3.63, 3.8) is 0 Å². The Balaban J connectivity index is 1.48. The summed E-state index contributed by atoms with van der Waals surface area (Å²) in [6.07, 6.45) is 3.86. The zero-order valence-corrected chi connectivity index (χ0v) is 22.4. The molecule has 3 atom stereocenters. The number of aromatic amines is 1. The highest BCUT2D eigenvalue weighted by molar-refractivity contribution is 6.62. The van der Waals surface area contributed by atoms with Crippen molar-refractivity contribution in [1.29, 1.82) is 0 Å². The highest BCUT2D eigenvalue weighted by Gasteiger charge is 2.51. The Morgan fingerprint density at radius 1 is 1.11 bits per heavy atom. The molecule has 1 unspecified atom stereocenters. The number of benzene rings is 1. The van der Waals surface area contributed by atoms with Crippen molar-refractivity contribution in [3.8, 4) is 11.3 Å². The summed E-state index contributed by atoms with van der Waals surface area (Å²) in [4.78, 5) is 33.3. The fourth-order valence-corrected chi connectivity index (χ4v) is 5.08. The van der Waals surface area contributed by atoms with E-state index in [2.05, 4.69) is 15.3 Å². The summed E-state index contributed by atoms with van der Waals surface area (Å²) in [7, 11) is 0.904. The number of carbonyl (C=O) groups excluding carboxylic acids is 2. The van der Waals surface area contributed by atoms with Gasteiger partial charge in [0.1, 0.15) is 5.82 Å². The average molecular weight is 495 g/mol. The molecule has 2 N–H and O–H groups in total. The number of hydrogen-bond acceptors (Lipinski definition) is 6. The standard InChI is InChI=1S/C27H38BN3O5/c1-16(2)22(31-25(33)34-7)23(32)19-9-8-10-20(19)24-29-15-21(30-24)17-11-13-18(14-12-17)28-35-26(3,4)27(5,6)36-28/h11-16,19-20,22H,8-10H2,1-7H3,(H,29,30)(H,31,33)/t19?,20-,22+/m1/s1. The highest BCUT2D eigenvalue weighted by atomic mass is 16.7. The number of ether oxygens (including phenoxy) is 1. The number of amides is 1. The first kappa shape index (κ1) is 26.4. The van der Waals surface area contributed by atoms with Crippen LogP contribution in [-0.4, -0.2) is 53.3 Å². The predicted octanol–water partition coefficient (Wildman–Crippen LogP) is 4.21. The molecule has 194 valence electrons. The molecule has 36 heavy (non-hydrogen) atoms. The van der Waals surface area contributed by atoms with Crippen LogP contribution in [0.25, 0.3) is 11.3 Å². The SMILES string of the molecule is COC(=O)N[C@H](C(=O)C1CCC[C@H]1c1ncc(-c2ccc(B3OC(C)(C)C(C)(C)O3)cc2)[nH]1)C(C)C. The minimum Gasteiger partial charge on any atom is -0.453 e. The summed E-state index contributed by atoms with van der Waals surface area (Å²) in [5, 5.41) is 2.72. The fraction of sp³-hybridized carbons (Fsp3) is 0.593. The van der Waals surface area contributed by atoms with Crippen molar-refractivity contribution >= 4 is 24.5 Å². The summed E-state index contributed by atoms with van der Waals surface area (Å²) < 4.78 is 17.1. The summed E-state index contributed by atoms with van der Waals surface area (Å²) in [5.41, 5.74) is 2.10. The maximum atomic E-state index is 13.4. The smallest absolute Gasteiger partial charge is 0.453 e.